The number of hydrazine groups is 1. The lowest BCUT2D eigenvalue weighted by Crippen LogP contribution is -2.48. The van der Waals surface area contributed by atoms with E-state index >= 15 is 0 Å². The van der Waals surface area contributed by atoms with Gasteiger partial charge in [-0.05, 0) is 30.8 Å². The summed E-state index contributed by atoms with van der Waals surface area (Å²) in [5.74, 6) is 6.81. The van der Waals surface area contributed by atoms with Gasteiger partial charge in [-0.3, -0.25) is 5.84 Å². The second kappa shape index (κ2) is 4.54. The summed E-state index contributed by atoms with van der Waals surface area (Å²) in [5.41, 5.74) is 3.32. The molecule has 3 heteroatoms. The van der Waals surface area contributed by atoms with Gasteiger partial charge in [0.25, 0.3) is 0 Å². The van der Waals surface area contributed by atoms with Crippen molar-refractivity contribution in [1.82, 2.24) is 5.43 Å². The average molecular weight is 210 g/mol. The first-order chi connectivity index (χ1) is 7.32. The van der Waals surface area contributed by atoms with Crippen molar-refractivity contribution in [3.8, 4) is 0 Å². The molecular weight excluding hydrogens is 188 g/mol. The Kier molecular flexibility index (Phi) is 3.32. The molecule has 2 rings (SSSR count). The minimum absolute atomic E-state index is 0.229. The highest BCUT2D eigenvalue weighted by molar-refractivity contribution is 5.13. The normalized spacial score (nSPS) is 26.1. The van der Waals surface area contributed by atoms with Crippen molar-refractivity contribution in [3.05, 3.63) is 11.8 Å². The van der Waals surface area contributed by atoms with E-state index in [2.05, 4.69) is 18.4 Å². The lowest BCUT2D eigenvalue weighted by molar-refractivity contribution is 0.133. The highest BCUT2D eigenvalue weighted by Gasteiger charge is 2.42. The van der Waals surface area contributed by atoms with Gasteiger partial charge in [0.15, 0.2) is 0 Å². The molecular formula is C12H22N2O. The topological polar surface area (TPSA) is 47.3 Å². The van der Waals surface area contributed by atoms with E-state index in [1.165, 1.54) is 32.1 Å². The summed E-state index contributed by atoms with van der Waals surface area (Å²) in [7, 11) is 0. The fourth-order valence-electron chi connectivity index (χ4n) is 3.12. The van der Waals surface area contributed by atoms with Gasteiger partial charge in [0.1, 0.15) is 5.76 Å². The minimum Gasteiger partial charge on any atom is -0.496 e. The van der Waals surface area contributed by atoms with Crippen LogP contribution in [0.25, 0.3) is 0 Å². The Labute approximate surface area is 92.0 Å². The molecule has 0 bridgehead atoms. The first-order valence-corrected chi connectivity index (χ1v) is 6.11. The summed E-state index contributed by atoms with van der Waals surface area (Å²) in [4.78, 5) is 0. The fourth-order valence-corrected chi connectivity index (χ4v) is 3.12. The zero-order valence-electron chi connectivity index (χ0n) is 9.59. The molecule has 1 unspecified atom stereocenters. The van der Waals surface area contributed by atoms with Gasteiger partial charge in [0.2, 0.25) is 0 Å². The molecule has 0 saturated heterocycles. The molecule has 1 heterocycles. The number of nitrogens with two attached hydrogens (primary N) is 1. The number of ether oxygens (including phenoxy) is 1. The molecule has 0 spiro atoms. The molecule has 1 saturated carbocycles. The average Bonchev–Trinajstić information content (AvgIpc) is 2.90. The van der Waals surface area contributed by atoms with Crippen LogP contribution >= 0.6 is 0 Å². The Balaban J connectivity index is 2.16. The first kappa shape index (κ1) is 11.0. The summed E-state index contributed by atoms with van der Waals surface area (Å²) in [5, 5.41) is 0. The summed E-state index contributed by atoms with van der Waals surface area (Å²) in [6.45, 7) is 3.10. The zero-order chi connectivity index (χ0) is 10.7. The lowest BCUT2D eigenvalue weighted by Gasteiger charge is -2.36. The van der Waals surface area contributed by atoms with Gasteiger partial charge in [0.05, 0.1) is 12.6 Å². The molecule has 0 amide bonds. The molecule has 0 aromatic rings. The Morgan fingerprint density at radius 1 is 1.53 bits per heavy atom. The highest BCUT2D eigenvalue weighted by atomic mass is 16.5. The third kappa shape index (κ3) is 1.91. The summed E-state index contributed by atoms with van der Waals surface area (Å²) in [6.07, 6.45) is 9.63. The molecule has 86 valence electrons. The van der Waals surface area contributed by atoms with Crippen LogP contribution in [0.5, 0.6) is 0 Å². The Bertz CT molecular complexity index is 244. The van der Waals surface area contributed by atoms with Crippen LogP contribution in [0.1, 0.15) is 45.4 Å². The van der Waals surface area contributed by atoms with Crippen molar-refractivity contribution in [1.29, 1.82) is 0 Å². The van der Waals surface area contributed by atoms with Gasteiger partial charge in [-0.2, -0.15) is 0 Å². The van der Waals surface area contributed by atoms with Crippen LogP contribution < -0.4 is 11.3 Å². The van der Waals surface area contributed by atoms with Crippen molar-refractivity contribution < 1.29 is 4.74 Å². The van der Waals surface area contributed by atoms with E-state index in [1.807, 2.05) is 0 Å². The lowest BCUT2D eigenvalue weighted by atomic mass is 9.75. The molecule has 0 aromatic heterocycles. The number of hydrogen-bond acceptors (Lipinski definition) is 3. The van der Waals surface area contributed by atoms with Crippen LogP contribution in [0.4, 0.5) is 0 Å². The Morgan fingerprint density at radius 3 is 2.73 bits per heavy atom. The van der Waals surface area contributed by atoms with E-state index in [9.17, 15) is 0 Å². The Morgan fingerprint density at radius 2 is 2.27 bits per heavy atom. The second-order valence-electron chi connectivity index (χ2n) is 4.77. The number of hydrogen-bond donors (Lipinski definition) is 2. The molecule has 1 fully saturated rings. The third-order valence-electron chi connectivity index (χ3n) is 4.10. The molecule has 3 N–H and O–H groups in total. The number of rotatable bonds is 4. The SMILES string of the molecule is CCC1(C(NN)C2=CCCO2)CCCC1. The molecule has 1 atom stereocenters. The first-order valence-electron chi connectivity index (χ1n) is 6.11. The van der Waals surface area contributed by atoms with Crippen LogP contribution in [-0.4, -0.2) is 12.6 Å². The van der Waals surface area contributed by atoms with Crippen molar-refractivity contribution in [2.75, 3.05) is 6.61 Å². The molecule has 15 heavy (non-hydrogen) atoms. The van der Waals surface area contributed by atoms with Crippen LogP contribution in [-0.2, 0) is 4.74 Å². The van der Waals surface area contributed by atoms with Crippen molar-refractivity contribution in [2.45, 2.75) is 51.5 Å². The molecule has 1 aliphatic carbocycles. The molecule has 2 aliphatic rings. The van der Waals surface area contributed by atoms with Crippen molar-refractivity contribution in [3.63, 3.8) is 0 Å². The van der Waals surface area contributed by atoms with Crippen molar-refractivity contribution >= 4 is 0 Å². The number of nitrogens with one attached hydrogen (secondary N) is 1. The van der Waals surface area contributed by atoms with Crippen LogP contribution in [0, 0.1) is 5.41 Å². The molecule has 1 aliphatic heterocycles. The Hall–Kier alpha value is -0.540. The molecule has 3 nitrogen and oxygen atoms in total. The van der Waals surface area contributed by atoms with Gasteiger partial charge in [0, 0.05) is 6.42 Å². The van der Waals surface area contributed by atoms with Gasteiger partial charge in [-0.1, -0.05) is 19.8 Å². The maximum Gasteiger partial charge on any atom is 0.111 e. The summed E-state index contributed by atoms with van der Waals surface area (Å²) in [6, 6.07) is 0.229. The van der Waals surface area contributed by atoms with E-state index in [4.69, 9.17) is 10.6 Å². The van der Waals surface area contributed by atoms with Crippen LogP contribution in [0.3, 0.4) is 0 Å². The summed E-state index contributed by atoms with van der Waals surface area (Å²) < 4.78 is 5.66. The van der Waals surface area contributed by atoms with Gasteiger partial charge >= 0.3 is 0 Å². The maximum atomic E-state index is 5.72. The maximum absolute atomic E-state index is 5.72. The highest BCUT2D eigenvalue weighted by Crippen LogP contribution is 2.46. The predicted molar refractivity (Wildman–Crippen MR) is 61.0 cm³/mol. The molecule has 0 radical (unpaired) electrons. The van der Waals surface area contributed by atoms with Crippen LogP contribution in [0.15, 0.2) is 11.8 Å². The van der Waals surface area contributed by atoms with E-state index in [1.54, 1.807) is 0 Å². The van der Waals surface area contributed by atoms with E-state index < -0.39 is 0 Å². The molecule has 0 aromatic carbocycles. The predicted octanol–water partition coefficient (Wildman–Crippen LogP) is 2.09. The largest absolute Gasteiger partial charge is 0.496 e. The zero-order valence-corrected chi connectivity index (χ0v) is 9.59. The summed E-state index contributed by atoms with van der Waals surface area (Å²) >= 11 is 0. The van der Waals surface area contributed by atoms with E-state index in [-0.39, 0.29) is 6.04 Å². The van der Waals surface area contributed by atoms with Gasteiger partial charge in [-0.15, -0.1) is 0 Å². The van der Waals surface area contributed by atoms with E-state index in [0.29, 0.717) is 5.41 Å². The van der Waals surface area contributed by atoms with Gasteiger partial charge in [-0.25, -0.2) is 5.43 Å². The van der Waals surface area contributed by atoms with Gasteiger partial charge < -0.3 is 4.74 Å². The quantitative estimate of drug-likeness (QED) is 0.552. The third-order valence-corrected chi connectivity index (χ3v) is 4.10. The monoisotopic (exact) mass is 210 g/mol. The fraction of sp³-hybridized carbons (Fsp3) is 0.833. The van der Waals surface area contributed by atoms with Crippen LogP contribution in [0.2, 0.25) is 0 Å². The second-order valence-corrected chi connectivity index (χ2v) is 4.77. The minimum atomic E-state index is 0.229. The standard InChI is InChI=1S/C12H22N2O/c1-2-12(7-3-4-8-12)11(14-13)10-6-5-9-15-10/h6,11,14H,2-5,7-9,13H2,1H3. The smallest absolute Gasteiger partial charge is 0.111 e. The van der Waals surface area contributed by atoms with Crippen molar-refractivity contribution in [2.24, 2.45) is 11.3 Å². The van der Waals surface area contributed by atoms with E-state index in [0.717, 1.165) is 18.8 Å².